The predicted octanol–water partition coefficient (Wildman–Crippen LogP) is 22.9. The molecule has 0 amide bonds. The lowest BCUT2D eigenvalue weighted by molar-refractivity contribution is 0.668. The van der Waals surface area contributed by atoms with Crippen LogP contribution in [-0.2, 0) is 0 Å². The number of hydrogen-bond acceptors (Lipinski definition) is 2. The lowest BCUT2D eigenvalue weighted by Gasteiger charge is -2.10. The average molecular weight is 1150 g/mol. The molecule has 0 saturated heterocycles. The Morgan fingerprint density at radius 1 is 0.156 bits per heavy atom. The van der Waals surface area contributed by atoms with Gasteiger partial charge in [0.1, 0.15) is 22.3 Å². The van der Waals surface area contributed by atoms with Gasteiger partial charge in [0.25, 0.3) is 0 Å². The minimum atomic E-state index is 0.879. The van der Waals surface area contributed by atoms with Crippen LogP contribution >= 0.6 is 0 Å². The minimum Gasteiger partial charge on any atom is -0.456 e. The van der Waals surface area contributed by atoms with Gasteiger partial charge in [-0.1, -0.05) is 146 Å². The molecule has 0 unspecified atom stereocenters. The van der Waals surface area contributed by atoms with E-state index in [-0.39, 0.29) is 0 Å². The average Bonchev–Trinajstić information content (AvgIpc) is 2.23. The molecule has 0 aliphatic carbocycles. The molecule has 0 atom stereocenters. The highest BCUT2D eigenvalue weighted by molar-refractivity contribution is 6.17. The molecule has 418 valence electrons. The summed E-state index contributed by atoms with van der Waals surface area (Å²) in [5.41, 5.74) is 24.3. The van der Waals surface area contributed by atoms with E-state index in [9.17, 15) is 0 Å². The molecular weight excluding hydrogens is 1100 g/mol. The van der Waals surface area contributed by atoms with Gasteiger partial charge in [0.05, 0.1) is 44.1 Å². The molecule has 0 aliphatic rings. The zero-order valence-electron chi connectivity index (χ0n) is 48.5. The van der Waals surface area contributed by atoms with Gasteiger partial charge < -0.3 is 27.1 Å². The Labute approximate surface area is 514 Å². The van der Waals surface area contributed by atoms with E-state index >= 15 is 0 Å². The summed E-state index contributed by atoms with van der Waals surface area (Å²) in [5, 5.41) is 14.1. The Hall–Kier alpha value is -12.1. The third kappa shape index (κ3) is 7.15. The Morgan fingerprint density at radius 3 is 0.756 bits per heavy atom. The molecule has 0 saturated carbocycles. The fourth-order valence-corrected chi connectivity index (χ4v) is 15.0. The van der Waals surface area contributed by atoms with Gasteiger partial charge in [-0.3, -0.25) is 0 Å². The summed E-state index contributed by atoms with van der Waals surface area (Å²) in [6.45, 7) is 0. The molecule has 0 fully saturated rings. The quantitative estimate of drug-likeness (QED) is 0.160. The molecule has 0 radical (unpaired) electrons. The number of aromatic nitrogens is 4. The first kappa shape index (κ1) is 49.0. The third-order valence-electron chi connectivity index (χ3n) is 19.1. The molecule has 90 heavy (non-hydrogen) atoms. The van der Waals surface area contributed by atoms with E-state index in [1.54, 1.807) is 0 Å². The van der Waals surface area contributed by atoms with Crippen LogP contribution in [0.1, 0.15) is 0 Å². The van der Waals surface area contributed by atoms with E-state index in [0.29, 0.717) is 0 Å². The molecule has 20 aromatic rings. The number of para-hydroxylation sites is 6. The van der Waals surface area contributed by atoms with E-state index in [2.05, 4.69) is 303 Å². The van der Waals surface area contributed by atoms with Crippen molar-refractivity contribution < 1.29 is 8.83 Å². The monoisotopic (exact) mass is 1150 g/mol. The number of nitrogens with zero attached hydrogens (tertiary/aromatic N) is 4. The smallest absolute Gasteiger partial charge is 0.135 e. The largest absolute Gasteiger partial charge is 0.456 e. The summed E-state index contributed by atoms with van der Waals surface area (Å²) in [7, 11) is 0. The van der Waals surface area contributed by atoms with Gasteiger partial charge >= 0.3 is 0 Å². The molecule has 20 rings (SSSR count). The highest BCUT2D eigenvalue weighted by atomic mass is 16.3. The maximum atomic E-state index is 6.37. The molecule has 0 N–H and O–H groups in total. The Balaban J connectivity index is 0.755. The number of fused-ring (bicyclic) bond motifs is 18. The maximum Gasteiger partial charge on any atom is 0.135 e. The van der Waals surface area contributed by atoms with Crippen LogP contribution in [0.4, 0.5) is 0 Å². The van der Waals surface area contributed by atoms with Gasteiger partial charge in [-0.05, 0) is 191 Å². The van der Waals surface area contributed by atoms with Crippen LogP contribution in [0.25, 0.3) is 187 Å². The summed E-state index contributed by atoms with van der Waals surface area (Å²) >= 11 is 0. The summed E-state index contributed by atoms with van der Waals surface area (Å²) in [5.74, 6) is 0. The van der Waals surface area contributed by atoms with Crippen molar-refractivity contribution in [1.29, 1.82) is 0 Å². The van der Waals surface area contributed by atoms with Crippen LogP contribution in [0.2, 0.25) is 0 Å². The molecule has 0 spiro atoms. The topological polar surface area (TPSA) is 46.0 Å². The highest BCUT2D eigenvalue weighted by Crippen LogP contribution is 2.44. The lowest BCUT2D eigenvalue weighted by Crippen LogP contribution is -1.94. The Kier molecular flexibility index (Phi) is 10.2. The lowest BCUT2D eigenvalue weighted by atomic mass is 9.98. The van der Waals surface area contributed by atoms with Gasteiger partial charge in [-0.25, -0.2) is 0 Å². The zero-order valence-corrected chi connectivity index (χ0v) is 48.5. The van der Waals surface area contributed by atoms with Crippen molar-refractivity contribution in [2.75, 3.05) is 0 Å². The summed E-state index contributed by atoms with van der Waals surface area (Å²) in [6, 6.07) is 111. The van der Waals surface area contributed by atoms with Crippen molar-refractivity contribution in [2.24, 2.45) is 0 Å². The van der Waals surface area contributed by atoms with Gasteiger partial charge in [0, 0.05) is 87.4 Å². The first-order valence-corrected chi connectivity index (χ1v) is 30.8. The van der Waals surface area contributed by atoms with E-state index in [4.69, 9.17) is 8.83 Å². The van der Waals surface area contributed by atoms with Crippen LogP contribution in [0.15, 0.2) is 312 Å². The van der Waals surface area contributed by atoms with Crippen LogP contribution in [-0.4, -0.2) is 18.3 Å². The normalized spacial score (nSPS) is 12.2. The van der Waals surface area contributed by atoms with E-state index in [0.717, 1.165) is 111 Å². The number of benzene rings is 14. The SMILES string of the molecule is c1ccc(-n2c3ccccc3c3cc(-c4ccc5c(c4)c4cc(-c6ccc7c(c6)c6cc(-c8ccc9c(c8)c8ccccc8n9-c8ccc9oc%10ccccc%10c9c8)ccc6n7-c6ccccc6)ccc4n5-c4ccc5oc6ccccc6c5c4)ccc32)cc1. The van der Waals surface area contributed by atoms with Gasteiger partial charge in [0.15, 0.2) is 0 Å². The van der Waals surface area contributed by atoms with Gasteiger partial charge in [-0.2, -0.15) is 0 Å². The van der Waals surface area contributed by atoms with Crippen LogP contribution in [0, 0.1) is 0 Å². The molecule has 6 aromatic heterocycles. The molecule has 6 heteroatoms. The molecule has 0 aliphatic heterocycles. The molecule has 14 aromatic carbocycles. The van der Waals surface area contributed by atoms with Crippen molar-refractivity contribution in [1.82, 2.24) is 18.3 Å². The number of furan rings is 2. The number of hydrogen-bond donors (Lipinski definition) is 0. The molecule has 0 bridgehead atoms. The highest BCUT2D eigenvalue weighted by Gasteiger charge is 2.22. The van der Waals surface area contributed by atoms with Crippen molar-refractivity contribution in [3.05, 3.63) is 303 Å². The maximum absolute atomic E-state index is 6.37. The summed E-state index contributed by atoms with van der Waals surface area (Å²) in [4.78, 5) is 0. The summed E-state index contributed by atoms with van der Waals surface area (Å²) in [6.07, 6.45) is 0. The Bertz CT molecular complexity index is 6400. The van der Waals surface area contributed by atoms with Crippen molar-refractivity contribution in [2.45, 2.75) is 0 Å². The van der Waals surface area contributed by atoms with Crippen molar-refractivity contribution in [3.8, 4) is 56.1 Å². The van der Waals surface area contributed by atoms with Crippen LogP contribution in [0.5, 0.6) is 0 Å². The molecular formula is C84H50N4O2. The fourth-order valence-electron chi connectivity index (χ4n) is 15.0. The fraction of sp³-hybridized carbons (Fsp3) is 0. The predicted molar refractivity (Wildman–Crippen MR) is 375 cm³/mol. The standard InChI is InChI=1S/C84H50N4O2/c1-3-15-57(16-4-1)85-73-23-11-7-19-61(73)65-43-51(27-35-75(65)85)54-31-39-79-69(47-54)70-48-56(32-40-80(70)88(79)60-34-42-84-72(50-60)64-22-10-14-26-82(64)90-84)55-30-38-78-68(46-55)67-45-53(29-37-77(67)86(78)58-17-5-2-6-18-58)52-28-36-76-66(44-52)62-20-8-12-24-74(62)87(76)59-33-41-83-71(49-59)63-21-9-13-25-81(63)89-83/h1-50H. The Morgan fingerprint density at radius 2 is 0.411 bits per heavy atom. The molecule has 6 nitrogen and oxygen atoms in total. The summed E-state index contributed by atoms with van der Waals surface area (Å²) < 4.78 is 22.3. The van der Waals surface area contributed by atoms with E-state index < -0.39 is 0 Å². The zero-order chi connectivity index (χ0) is 58.7. The second-order valence-electron chi connectivity index (χ2n) is 24.0. The molecule has 6 heterocycles. The van der Waals surface area contributed by atoms with Crippen molar-refractivity contribution in [3.63, 3.8) is 0 Å². The minimum absolute atomic E-state index is 0.879. The van der Waals surface area contributed by atoms with Crippen LogP contribution in [0.3, 0.4) is 0 Å². The van der Waals surface area contributed by atoms with E-state index in [1.807, 2.05) is 18.2 Å². The second kappa shape index (κ2) is 18.7. The van der Waals surface area contributed by atoms with Crippen LogP contribution < -0.4 is 0 Å². The second-order valence-corrected chi connectivity index (χ2v) is 24.0. The third-order valence-corrected chi connectivity index (χ3v) is 19.1. The van der Waals surface area contributed by atoms with Gasteiger partial charge in [0.2, 0.25) is 0 Å². The number of rotatable bonds is 7. The van der Waals surface area contributed by atoms with E-state index in [1.165, 1.54) is 76.3 Å². The first-order chi connectivity index (χ1) is 44.6. The first-order valence-electron chi connectivity index (χ1n) is 30.8. The van der Waals surface area contributed by atoms with Gasteiger partial charge in [-0.15, -0.1) is 0 Å². The van der Waals surface area contributed by atoms with Crippen molar-refractivity contribution >= 4 is 131 Å².